The van der Waals surface area contributed by atoms with Crippen LogP contribution in [0.1, 0.15) is 27.2 Å². The van der Waals surface area contributed by atoms with Crippen molar-refractivity contribution in [3.05, 3.63) is 0 Å². The standard InChI is InChI=1S/C13H21NO2S/c1-5-8-14-13(11(15)16-6-2)10-17-9-7-12(13,3)4/h1,14H,6-10H2,2-4H3. The van der Waals surface area contributed by atoms with E-state index >= 15 is 0 Å². The van der Waals surface area contributed by atoms with Crippen LogP contribution in [0, 0.1) is 17.8 Å². The molecule has 1 rings (SSSR count). The van der Waals surface area contributed by atoms with E-state index in [0.29, 0.717) is 13.2 Å². The van der Waals surface area contributed by atoms with Gasteiger partial charge in [0, 0.05) is 5.75 Å². The molecule has 1 aliphatic heterocycles. The lowest BCUT2D eigenvalue weighted by Gasteiger charge is -2.47. The van der Waals surface area contributed by atoms with E-state index in [9.17, 15) is 4.79 Å². The molecular formula is C13H21NO2S. The summed E-state index contributed by atoms with van der Waals surface area (Å²) < 4.78 is 5.23. The van der Waals surface area contributed by atoms with E-state index in [2.05, 4.69) is 25.1 Å². The van der Waals surface area contributed by atoms with Gasteiger partial charge in [0.25, 0.3) is 0 Å². The monoisotopic (exact) mass is 255 g/mol. The van der Waals surface area contributed by atoms with Gasteiger partial charge in [0.15, 0.2) is 0 Å². The average molecular weight is 255 g/mol. The van der Waals surface area contributed by atoms with E-state index in [4.69, 9.17) is 11.2 Å². The fourth-order valence-corrected chi connectivity index (χ4v) is 3.83. The van der Waals surface area contributed by atoms with Crippen LogP contribution >= 0.6 is 11.8 Å². The quantitative estimate of drug-likeness (QED) is 0.612. The molecular weight excluding hydrogens is 234 g/mol. The molecule has 0 aromatic carbocycles. The number of carbonyl (C=O) groups is 1. The fraction of sp³-hybridized carbons (Fsp3) is 0.769. The second-order valence-electron chi connectivity index (χ2n) is 4.87. The van der Waals surface area contributed by atoms with E-state index in [0.717, 1.165) is 17.9 Å². The van der Waals surface area contributed by atoms with E-state index in [-0.39, 0.29) is 11.4 Å². The van der Waals surface area contributed by atoms with Crippen molar-refractivity contribution in [3.8, 4) is 12.3 Å². The molecule has 0 radical (unpaired) electrons. The third kappa shape index (κ3) is 2.78. The number of ether oxygens (including phenoxy) is 1. The summed E-state index contributed by atoms with van der Waals surface area (Å²) in [5, 5.41) is 3.23. The zero-order chi connectivity index (χ0) is 12.9. The van der Waals surface area contributed by atoms with Gasteiger partial charge in [-0.25, -0.2) is 4.79 Å². The Morgan fingerprint density at radius 3 is 2.82 bits per heavy atom. The molecule has 0 spiro atoms. The number of thioether (sulfide) groups is 1. The summed E-state index contributed by atoms with van der Waals surface area (Å²) in [6.07, 6.45) is 6.28. The van der Waals surface area contributed by atoms with Crippen LogP contribution in [0.4, 0.5) is 0 Å². The highest BCUT2D eigenvalue weighted by molar-refractivity contribution is 7.99. The Morgan fingerprint density at radius 1 is 1.59 bits per heavy atom. The molecule has 1 aliphatic rings. The van der Waals surface area contributed by atoms with Gasteiger partial charge >= 0.3 is 5.97 Å². The minimum Gasteiger partial charge on any atom is -0.465 e. The Kier molecular flexibility index (Phi) is 4.91. The maximum Gasteiger partial charge on any atom is 0.327 e. The third-order valence-corrected chi connectivity index (χ3v) is 4.59. The van der Waals surface area contributed by atoms with E-state index in [1.165, 1.54) is 0 Å². The molecule has 96 valence electrons. The van der Waals surface area contributed by atoms with Crippen LogP contribution in [0.5, 0.6) is 0 Å². The number of esters is 1. The molecule has 0 saturated carbocycles. The van der Waals surface area contributed by atoms with Gasteiger partial charge < -0.3 is 4.74 Å². The first-order chi connectivity index (χ1) is 8.00. The number of nitrogens with one attached hydrogen (secondary N) is 1. The smallest absolute Gasteiger partial charge is 0.327 e. The molecule has 1 saturated heterocycles. The minimum absolute atomic E-state index is 0.138. The van der Waals surface area contributed by atoms with Gasteiger partial charge in [-0.1, -0.05) is 19.8 Å². The SMILES string of the molecule is C#CCNC1(C(=O)OCC)CSCCC1(C)C. The largest absolute Gasteiger partial charge is 0.465 e. The van der Waals surface area contributed by atoms with Crippen molar-refractivity contribution in [2.45, 2.75) is 32.7 Å². The second kappa shape index (κ2) is 5.79. The van der Waals surface area contributed by atoms with Crippen molar-refractivity contribution in [1.82, 2.24) is 5.32 Å². The summed E-state index contributed by atoms with van der Waals surface area (Å²) in [7, 11) is 0. The molecule has 3 nitrogen and oxygen atoms in total. The van der Waals surface area contributed by atoms with E-state index in [1.54, 1.807) is 11.8 Å². The maximum absolute atomic E-state index is 12.3. The molecule has 0 bridgehead atoms. The van der Waals surface area contributed by atoms with Crippen LogP contribution in [0.2, 0.25) is 0 Å². The molecule has 0 aromatic rings. The van der Waals surface area contributed by atoms with Gasteiger partial charge in [-0.3, -0.25) is 5.32 Å². The predicted molar refractivity (Wildman–Crippen MR) is 71.9 cm³/mol. The molecule has 4 heteroatoms. The van der Waals surface area contributed by atoms with Crippen molar-refractivity contribution in [3.63, 3.8) is 0 Å². The summed E-state index contributed by atoms with van der Waals surface area (Å²) in [4.78, 5) is 12.3. The van der Waals surface area contributed by atoms with Crippen LogP contribution < -0.4 is 5.32 Å². The number of terminal acetylenes is 1. The van der Waals surface area contributed by atoms with Crippen molar-refractivity contribution in [1.29, 1.82) is 0 Å². The number of hydrogen-bond acceptors (Lipinski definition) is 4. The van der Waals surface area contributed by atoms with Crippen LogP contribution in [-0.2, 0) is 9.53 Å². The summed E-state index contributed by atoms with van der Waals surface area (Å²) in [5.41, 5.74) is -0.792. The zero-order valence-corrected chi connectivity index (χ0v) is 11.7. The molecule has 0 aliphatic carbocycles. The van der Waals surface area contributed by atoms with Gasteiger partial charge in [0.1, 0.15) is 5.54 Å². The number of carbonyl (C=O) groups excluding carboxylic acids is 1. The molecule has 0 amide bonds. The van der Waals surface area contributed by atoms with Crippen molar-refractivity contribution < 1.29 is 9.53 Å². The molecule has 17 heavy (non-hydrogen) atoms. The maximum atomic E-state index is 12.3. The first kappa shape index (κ1) is 14.4. The fourth-order valence-electron chi connectivity index (χ4n) is 2.12. The topological polar surface area (TPSA) is 38.3 Å². The normalized spacial score (nSPS) is 27.2. The van der Waals surface area contributed by atoms with Gasteiger partial charge in [-0.05, 0) is 24.5 Å². The highest BCUT2D eigenvalue weighted by Gasteiger charge is 2.53. The van der Waals surface area contributed by atoms with E-state index < -0.39 is 5.54 Å². The second-order valence-corrected chi connectivity index (χ2v) is 5.98. The average Bonchev–Trinajstić information content (AvgIpc) is 2.28. The first-order valence-electron chi connectivity index (χ1n) is 5.93. The minimum atomic E-state index is -0.654. The summed E-state index contributed by atoms with van der Waals surface area (Å²) in [5.74, 6) is 4.17. The number of hydrogen-bond donors (Lipinski definition) is 1. The van der Waals surface area contributed by atoms with Gasteiger partial charge in [-0.15, -0.1) is 6.42 Å². The molecule has 1 fully saturated rings. The van der Waals surface area contributed by atoms with Crippen LogP contribution in [0.15, 0.2) is 0 Å². The highest BCUT2D eigenvalue weighted by Crippen LogP contribution is 2.43. The summed E-state index contributed by atoms with van der Waals surface area (Å²) in [6, 6.07) is 0. The van der Waals surface area contributed by atoms with Crippen molar-refractivity contribution in [2.75, 3.05) is 24.7 Å². The van der Waals surface area contributed by atoms with Crippen LogP contribution in [0.3, 0.4) is 0 Å². The number of rotatable bonds is 4. The Bertz CT molecular complexity index is 322. The van der Waals surface area contributed by atoms with Gasteiger partial charge in [-0.2, -0.15) is 11.8 Å². The third-order valence-electron chi connectivity index (χ3n) is 3.46. The molecule has 0 aromatic heterocycles. The van der Waals surface area contributed by atoms with Gasteiger partial charge in [0.2, 0.25) is 0 Å². The lowest BCUT2D eigenvalue weighted by molar-refractivity contribution is -0.155. The Labute approximate surface area is 108 Å². The zero-order valence-electron chi connectivity index (χ0n) is 10.8. The lowest BCUT2D eigenvalue weighted by atomic mass is 9.70. The molecule has 1 N–H and O–H groups in total. The highest BCUT2D eigenvalue weighted by atomic mass is 32.2. The first-order valence-corrected chi connectivity index (χ1v) is 7.09. The molecule has 1 atom stereocenters. The van der Waals surface area contributed by atoms with Crippen molar-refractivity contribution in [2.24, 2.45) is 5.41 Å². The lowest BCUT2D eigenvalue weighted by Crippen LogP contribution is -2.65. The summed E-state index contributed by atoms with van der Waals surface area (Å²) >= 11 is 1.78. The van der Waals surface area contributed by atoms with E-state index in [1.807, 2.05) is 6.92 Å². The Morgan fingerprint density at radius 2 is 2.29 bits per heavy atom. The van der Waals surface area contributed by atoms with Crippen LogP contribution in [0.25, 0.3) is 0 Å². The predicted octanol–water partition coefficient (Wildman–Crippen LogP) is 1.67. The van der Waals surface area contributed by atoms with Crippen molar-refractivity contribution >= 4 is 17.7 Å². The molecule has 1 heterocycles. The Hall–Kier alpha value is -0.660. The summed E-state index contributed by atoms with van der Waals surface area (Å²) in [6.45, 7) is 6.83. The van der Waals surface area contributed by atoms with Gasteiger partial charge in [0.05, 0.1) is 13.2 Å². The molecule has 1 unspecified atom stereocenters. The Balaban J connectivity index is 2.98. The van der Waals surface area contributed by atoms with Crippen LogP contribution in [-0.4, -0.2) is 36.2 Å².